The summed E-state index contributed by atoms with van der Waals surface area (Å²) in [5.41, 5.74) is 6.52. The lowest BCUT2D eigenvalue weighted by atomic mass is 10.0. The molecule has 20 heavy (non-hydrogen) atoms. The van der Waals surface area contributed by atoms with Crippen LogP contribution in [0, 0.1) is 0 Å². The van der Waals surface area contributed by atoms with Crippen LogP contribution in [0.5, 0.6) is 5.75 Å². The predicted octanol–water partition coefficient (Wildman–Crippen LogP) is 3.35. The molecule has 0 radical (unpaired) electrons. The molecule has 6 heteroatoms. The maximum Gasteiger partial charge on any atom is 0.573 e. The summed E-state index contributed by atoms with van der Waals surface area (Å²) in [5, 5.41) is 0. The van der Waals surface area contributed by atoms with Crippen LogP contribution in [0.25, 0.3) is 11.1 Å². The summed E-state index contributed by atoms with van der Waals surface area (Å²) in [6, 6.07) is 11.8. The molecule has 2 N–H and O–H groups in total. The van der Waals surface area contributed by atoms with Crippen molar-refractivity contribution in [1.29, 1.82) is 0 Å². The first-order chi connectivity index (χ1) is 9.35. The zero-order valence-corrected chi connectivity index (χ0v) is 10.1. The Hall–Kier alpha value is -2.50. The van der Waals surface area contributed by atoms with Crippen molar-refractivity contribution in [3.8, 4) is 16.9 Å². The van der Waals surface area contributed by atoms with E-state index in [0.717, 1.165) is 0 Å². The van der Waals surface area contributed by atoms with Crippen molar-refractivity contribution in [2.24, 2.45) is 5.73 Å². The standard InChI is InChI=1S/C14H10F3NO2/c15-14(16,17)20-12-6-2-4-10(8-12)9-3-1-5-11(7-9)13(18)19/h1-8H,(H2,18,19). The van der Waals surface area contributed by atoms with Crippen LogP contribution in [-0.4, -0.2) is 12.3 Å². The molecule has 104 valence electrons. The van der Waals surface area contributed by atoms with Gasteiger partial charge in [-0.1, -0.05) is 24.3 Å². The van der Waals surface area contributed by atoms with Gasteiger partial charge in [-0.15, -0.1) is 13.2 Å². The Bertz CT molecular complexity index is 638. The summed E-state index contributed by atoms with van der Waals surface area (Å²) < 4.78 is 40.3. The highest BCUT2D eigenvalue weighted by molar-refractivity contribution is 5.94. The number of benzene rings is 2. The van der Waals surface area contributed by atoms with Crippen LogP contribution in [0.4, 0.5) is 13.2 Å². The largest absolute Gasteiger partial charge is 0.573 e. The Labute approximate surface area is 112 Å². The van der Waals surface area contributed by atoms with Gasteiger partial charge in [-0.25, -0.2) is 0 Å². The van der Waals surface area contributed by atoms with Crippen molar-refractivity contribution in [1.82, 2.24) is 0 Å². The third-order valence-electron chi connectivity index (χ3n) is 2.55. The van der Waals surface area contributed by atoms with Crippen molar-refractivity contribution in [2.75, 3.05) is 0 Å². The third kappa shape index (κ3) is 3.50. The highest BCUT2D eigenvalue weighted by Crippen LogP contribution is 2.28. The van der Waals surface area contributed by atoms with Gasteiger partial charge in [0, 0.05) is 5.56 Å². The molecule has 0 bridgehead atoms. The molecule has 2 aromatic rings. The maximum absolute atomic E-state index is 12.2. The van der Waals surface area contributed by atoms with Crippen molar-refractivity contribution < 1.29 is 22.7 Å². The lowest BCUT2D eigenvalue weighted by Gasteiger charge is -2.10. The molecule has 0 unspecified atom stereocenters. The molecule has 3 nitrogen and oxygen atoms in total. The van der Waals surface area contributed by atoms with Crippen LogP contribution >= 0.6 is 0 Å². The van der Waals surface area contributed by atoms with Gasteiger partial charge in [0.15, 0.2) is 0 Å². The molecule has 0 atom stereocenters. The Balaban J connectivity index is 2.36. The summed E-state index contributed by atoms with van der Waals surface area (Å²) in [6.45, 7) is 0. The summed E-state index contributed by atoms with van der Waals surface area (Å²) in [6.07, 6.45) is -4.74. The van der Waals surface area contributed by atoms with Crippen LogP contribution in [0.3, 0.4) is 0 Å². The number of amides is 1. The Morgan fingerprint density at radius 3 is 2.20 bits per heavy atom. The van der Waals surface area contributed by atoms with Crippen molar-refractivity contribution in [2.45, 2.75) is 6.36 Å². The maximum atomic E-state index is 12.2. The molecule has 2 rings (SSSR count). The number of ether oxygens (including phenoxy) is 1. The number of carbonyl (C=O) groups is 1. The van der Waals surface area contributed by atoms with E-state index in [2.05, 4.69) is 4.74 Å². The first-order valence-electron chi connectivity index (χ1n) is 5.61. The summed E-state index contributed by atoms with van der Waals surface area (Å²) in [5.74, 6) is -0.922. The van der Waals surface area contributed by atoms with Crippen molar-refractivity contribution >= 4 is 5.91 Å². The van der Waals surface area contributed by atoms with Crippen molar-refractivity contribution in [3.63, 3.8) is 0 Å². The van der Waals surface area contributed by atoms with Crippen LogP contribution in [-0.2, 0) is 0 Å². The average Bonchev–Trinajstić information content (AvgIpc) is 2.37. The summed E-state index contributed by atoms with van der Waals surface area (Å²) in [7, 11) is 0. The van der Waals surface area contributed by atoms with Gasteiger partial charge in [0.25, 0.3) is 0 Å². The topological polar surface area (TPSA) is 52.3 Å². The fourth-order valence-electron chi connectivity index (χ4n) is 1.72. The minimum atomic E-state index is -4.74. The molecule has 0 aliphatic carbocycles. The molecule has 0 heterocycles. The van der Waals surface area contributed by atoms with E-state index in [1.807, 2.05) is 0 Å². The zero-order chi connectivity index (χ0) is 14.8. The second kappa shape index (κ2) is 5.24. The van der Waals surface area contributed by atoms with Gasteiger partial charge in [-0.3, -0.25) is 4.79 Å². The molecule has 0 saturated carbocycles. The lowest BCUT2D eigenvalue weighted by molar-refractivity contribution is -0.274. The number of hydrogen-bond acceptors (Lipinski definition) is 2. The first kappa shape index (κ1) is 13.9. The molecule has 0 aromatic heterocycles. The van der Waals surface area contributed by atoms with Crippen LogP contribution in [0.2, 0.25) is 0 Å². The smallest absolute Gasteiger partial charge is 0.406 e. The van der Waals surface area contributed by atoms with Crippen molar-refractivity contribution in [3.05, 3.63) is 54.1 Å². The quantitative estimate of drug-likeness (QED) is 0.938. The van der Waals surface area contributed by atoms with E-state index in [-0.39, 0.29) is 11.3 Å². The minimum Gasteiger partial charge on any atom is -0.406 e. The third-order valence-corrected chi connectivity index (χ3v) is 2.55. The molecule has 0 saturated heterocycles. The van der Waals surface area contributed by atoms with Gasteiger partial charge in [-0.05, 0) is 35.4 Å². The van der Waals surface area contributed by atoms with Gasteiger partial charge < -0.3 is 10.5 Å². The van der Waals surface area contributed by atoms with Gasteiger partial charge in [0.1, 0.15) is 5.75 Å². The van der Waals surface area contributed by atoms with E-state index in [1.165, 1.54) is 30.3 Å². The van der Waals surface area contributed by atoms with E-state index >= 15 is 0 Å². The normalized spacial score (nSPS) is 11.2. The molecule has 0 aliphatic heterocycles. The summed E-state index contributed by atoms with van der Waals surface area (Å²) >= 11 is 0. The fourth-order valence-corrected chi connectivity index (χ4v) is 1.72. The number of alkyl halides is 3. The van der Waals surface area contributed by atoms with Crippen LogP contribution < -0.4 is 10.5 Å². The molecule has 0 aliphatic rings. The van der Waals surface area contributed by atoms with Gasteiger partial charge in [-0.2, -0.15) is 0 Å². The lowest BCUT2D eigenvalue weighted by Crippen LogP contribution is -2.17. The number of hydrogen-bond donors (Lipinski definition) is 1. The second-order valence-corrected chi connectivity index (χ2v) is 4.02. The van der Waals surface area contributed by atoms with Crippen LogP contribution in [0.1, 0.15) is 10.4 Å². The Morgan fingerprint density at radius 2 is 1.60 bits per heavy atom. The van der Waals surface area contributed by atoms with Gasteiger partial charge >= 0.3 is 6.36 Å². The molecule has 1 amide bonds. The molecule has 0 spiro atoms. The zero-order valence-electron chi connectivity index (χ0n) is 10.1. The SMILES string of the molecule is NC(=O)c1cccc(-c2cccc(OC(F)(F)F)c2)c1. The molecule has 0 fully saturated rings. The van der Waals surface area contributed by atoms with Gasteiger partial charge in [0.2, 0.25) is 5.91 Å². The van der Waals surface area contributed by atoms with E-state index in [9.17, 15) is 18.0 Å². The summed E-state index contributed by atoms with van der Waals surface area (Å²) in [4.78, 5) is 11.1. The van der Waals surface area contributed by atoms with Gasteiger partial charge in [0.05, 0.1) is 0 Å². The number of rotatable bonds is 3. The molecular weight excluding hydrogens is 271 g/mol. The monoisotopic (exact) mass is 281 g/mol. The Kier molecular flexibility index (Phi) is 3.65. The minimum absolute atomic E-state index is 0.282. The number of nitrogens with two attached hydrogens (primary N) is 1. The number of halogens is 3. The van der Waals surface area contributed by atoms with E-state index in [0.29, 0.717) is 11.1 Å². The Morgan fingerprint density at radius 1 is 1.00 bits per heavy atom. The highest BCUT2D eigenvalue weighted by Gasteiger charge is 2.31. The fraction of sp³-hybridized carbons (Fsp3) is 0.0714. The van der Waals surface area contributed by atoms with E-state index in [1.54, 1.807) is 18.2 Å². The first-order valence-corrected chi connectivity index (χ1v) is 5.61. The molecule has 2 aromatic carbocycles. The van der Waals surface area contributed by atoms with Crippen LogP contribution in [0.15, 0.2) is 48.5 Å². The van der Waals surface area contributed by atoms with E-state index < -0.39 is 12.3 Å². The van der Waals surface area contributed by atoms with E-state index in [4.69, 9.17) is 5.73 Å². The number of carbonyl (C=O) groups excluding carboxylic acids is 1. The average molecular weight is 281 g/mol. The number of primary amides is 1. The molecular formula is C14H10F3NO2. The predicted molar refractivity (Wildman–Crippen MR) is 67.1 cm³/mol. The highest BCUT2D eigenvalue weighted by atomic mass is 19.4. The second-order valence-electron chi connectivity index (χ2n) is 4.02.